The standard InChI is InChI=1S/C23H22BF2N3O2/c24-15-6-10-20(27-12-15)28-21(30)11-9-19-22-17(2-1-3-18(22)26)23(31)29(19)13-14-4-7-16(25)8-5-14/h2,4-8,10,12,19H,1,3,9,11,13,24H2,(H,27,28,30). The lowest BCUT2D eigenvalue weighted by molar-refractivity contribution is -0.127. The molecule has 0 bridgehead atoms. The van der Waals surface area contributed by atoms with Crippen LogP contribution in [0.25, 0.3) is 0 Å². The first kappa shape index (κ1) is 21.0. The number of carbonyl (C=O) groups excluding carboxylic acids is 2. The van der Waals surface area contributed by atoms with Crippen molar-refractivity contribution in [2.45, 2.75) is 38.3 Å². The number of aromatic nitrogens is 1. The topological polar surface area (TPSA) is 62.3 Å². The van der Waals surface area contributed by atoms with Crippen LogP contribution >= 0.6 is 0 Å². The van der Waals surface area contributed by atoms with Crippen molar-refractivity contribution in [3.8, 4) is 0 Å². The van der Waals surface area contributed by atoms with Gasteiger partial charge >= 0.3 is 0 Å². The van der Waals surface area contributed by atoms with E-state index in [2.05, 4.69) is 10.3 Å². The summed E-state index contributed by atoms with van der Waals surface area (Å²) < 4.78 is 28.0. The third-order valence-corrected chi connectivity index (χ3v) is 5.59. The maximum Gasteiger partial charge on any atom is 0.254 e. The molecule has 0 saturated carbocycles. The van der Waals surface area contributed by atoms with Crippen molar-refractivity contribution in [1.29, 1.82) is 0 Å². The molecule has 4 rings (SSSR count). The Morgan fingerprint density at radius 3 is 2.68 bits per heavy atom. The Morgan fingerprint density at radius 2 is 1.97 bits per heavy atom. The Kier molecular flexibility index (Phi) is 5.98. The van der Waals surface area contributed by atoms with Crippen LogP contribution in [-0.2, 0) is 16.1 Å². The second-order valence-electron chi connectivity index (χ2n) is 7.86. The summed E-state index contributed by atoms with van der Waals surface area (Å²) in [6.07, 6.45) is 4.56. The smallest absolute Gasteiger partial charge is 0.254 e. The molecule has 8 heteroatoms. The van der Waals surface area contributed by atoms with Gasteiger partial charge in [0.05, 0.1) is 6.04 Å². The van der Waals surface area contributed by atoms with Crippen molar-refractivity contribution in [2.75, 3.05) is 5.32 Å². The molecular formula is C23H22BF2N3O2. The zero-order chi connectivity index (χ0) is 22.0. The van der Waals surface area contributed by atoms with Crippen molar-refractivity contribution in [3.05, 3.63) is 77.0 Å². The number of benzene rings is 1. The Hall–Kier alpha value is -3.29. The van der Waals surface area contributed by atoms with E-state index in [1.165, 1.54) is 12.1 Å². The number of fused-ring (bicyclic) bond motifs is 1. The van der Waals surface area contributed by atoms with Gasteiger partial charge in [-0.1, -0.05) is 29.7 Å². The van der Waals surface area contributed by atoms with Gasteiger partial charge in [-0.05, 0) is 36.6 Å². The summed E-state index contributed by atoms with van der Waals surface area (Å²) in [5.74, 6) is -0.706. The van der Waals surface area contributed by atoms with Gasteiger partial charge in [-0.2, -0.15) is 0 Å². The highest BCUT2D eigenvalue weighted by molar-refractivity contribution is 6.32. The van der Waals surface area contributed by atoms with Gasteiger partial charge in [-0.15, -0.1) is 0 Å². The Bertz CT molecular complexity index is 1070. The van der Waals surface area contributed by atoms with Crippen LogP contribution in [0.4, 0.5) is 14.6 Å². The van der Waals surface area contributed by atoms with E-state index in [1.807, 2.05) is 13.9 Å². The Morgan fingerprint density at radius 1 is 1.19 bits per heavy atom. The van der Waals surface area contributed by atoms with Gasteiger partial charge in [0.2, 0.25) is 5.91 Å². The van der Waals surface area contributed by atoms with E-state index < -0.39 is 6.04 Å². The zero-order valence-electron chi connectivity index (χ0n) is 17.2. The number of likely N-dealkylation sites (tertiary alicyclic amines) is 1. The van der Waals surface area contributed by atoms with Crippen LogP contribution in [-0.4, -0.2) is 35.6 Å². The lowest BCUT2D eigenvalue weighted by Gasteiger charge is -2.25. The van der Waals surface area contributed by atoms with Crippen LogP contribution in [0.15, 0.2) is 65.6 Å². The van der Waals surface area contributed by atoms with E-state index in [0.29, 0.717) is 23.4 Å². The molecular weight excluding hydrogens is 399 g/mol. The summed E-state index contributed by atoms with van der Waals surface area (Å²) in [5.41, 5.74) is 2.50. The molecule has 1 saturated heterocycles. The zero-order valence-corrected chi connectivity index (χ0v) is 17.2. The molecule has 2 aliphatic rings. The molecule has 2 heterocycles. The molecule has 2 amide bonds. The van der Waals surface area contributed by atoms with Crippen LogP contribution in [0, 0.1) is 5.82 Å². The minimum absolute atomic E-state index is 0.109. The number of allylic oxidation sites excluding steroid dienone is 2. The number of amides is 2. The molecule has 31 heavy (non-hydrogen) atoms. The monoisotopic (exact) mass is 421 g/mol. The number of nitrogens with zero attached hydrogens (tertiary/aromatic N) is 2. The summed E-state index contributed by atoms with van der Waals surface area (Å²) in [6.45, 7) is 0.221. The summed E-state index contributed by atoms with van der Waals surface area (Å²) >= 11 is 0. The van der Waals surface area contributed by atoms with Gasteiger partial charge in [0, 0.05) is 36.7 Å². The van der Waals surface area contributed by atoms with Gasteiger partial charge < -0.3 is 10.2 Å². The summed E-state index contributed by atoms with van der Waals surface area (Å²) in [6, 6.07) is 8.91. The predicted octanol–water partition coefficient (Wildman–Crippen LogP) is 2.55. The first-order valence-corrected chi connectivity index (χ1v) is 10.3. The highest BCUT2D eigenvalue weighted by Gasteiger charge is 2.42. The second kappa shape index (κ2) is 8.84. The average Bonchev–Trinajstić information content (AvgIpc) is 3.02. The van der Waals surface area contributed by atoms with E-state index in [9.17, 15) is 18.4 Å². The highest BCUT2D eigenvalue weighted by atomic mass is 19.1. The number of nitrogens with one attached hydrogen (secondary N) is 1. The number of hydrogen-bond acceptors (Lipinski definition) is 3. The van der Waals surface area contributed by atoms with E-state index in [4.69, 9.17) is 0 Å². The van der Waals surface area contributed by atoms with Crippen LogP contribution in [0.2, 0.25) is 0 Å². The summed E-state index contributed by atoms with van der Waals surface area (Å²) in [7, 11) is 1.91. The van der Waals surface area contributed by atoms with Gasteiger partial charge in [-0.25, -0.2) is 13.8 Å². The molecule has 1 N–H and O–H groups in total. The first-order valence-electron chi connectivity index (χ1n) is 10.3. The minimum atomic E-state index is -0.541. The average molecular weight is 421 g/mol. The first-order chi connectivity index (χ1) is 14.9. The van der Waals surface area contributed by atoms with Crippen LogP contribution in [0.3, 0.4) is 0 Å². The summed E-state index contributed by atoms with van der Waals surface area (Å²) in [5, 5.41) is 2.74. The lowest BCUT2D eigenvalue weighted by Crippen LogP contribution is -2.34. The van der Waals surface area contributed by atoms with Crippen molar-refractivity contribution in [1.82, 2.24) is 9.88 Å². The number of rotatable bonds is 6. The molecule has 1 atom stereocenters. The fourth-order valence-corrected chi connectivity index (χ4v) is 4.03. The quantitative estimate of drug-likeness (QED) is 0.730. The normalized spacial score (nSPS) is 18.1. The third kappa shape index (κ3) is 4.58. The molecule has 1 fully saturated rings. The minimum Gasteiger partial charge on any atom is -0.327 e. The Labute approximate surface area is 180 Å². The maximum atomic E-state index is 14.7. The number of hydrogen-bond donors (Lipinski definition) is 1. The lowest BCUT2D eigenvalue weighted by atomic mass is 9.92. The molecule has 2 aromatic rings. The van der Waals surface area contributed by atoms with Crippen molar-refractivity contribution < 1.29 is 18.4 Å². The summed E-state index contributed by atoms with van der Waals surface area (Å²) in [4.78, 5) is 31.2. The fraction of sp³-hybridized carbons (Fsp3) is 0.261. The van der Waals surface area contributed by atoms with E-state index in [1.54, 1.807) is 35.4 Å². The number of pyridine rings is 1. The molecule has 158 valence electrons. The fourth-order valence-electron chi connectivity index (χ4n) is 4.03. The molecule has 1 aromatic carbocycles. The van der Waals surface area contributed by atoms with Crippen LogP contribution < -0.4 is 10.8 Å². The van der Waals surface area contributed by atoms with Crippen molar-refractivity contribution in [2.24, 2.45) is 0 Å². The molecule has 5 nitrogen and oxygen atoms in total. The second-order valence-corrected chi connectivity index (χ2v) is 7.86. The van der Waals surface area contributed by atoms with Crippen molar-refractivity contribution >= 4 is 30.9 Å². The molecule has 1 aromatic heterocycles. The molecule has 1 unspecified atom stereocenters. The molecule has 1 aliphatic carbocycles. The molecule has 0 radical (unpaired) electrons. The van der Waals surface area contributed by atoms with Crippen LogP contribution in [0.1, 0.15) is 31.2 Å². The third-order valence-electron chi connectivity index (χ3n) is 5.59. The SMILES string of the molecule is Bc1ccc(NC(=O)CCC2C3=C(F)CCC=C3C(=O)N2Cc2ccc(F)cc2)nc1. The van der Waals surface area contributed by atoms with Gasteiger partial charge in [0.1, 0.15) is 25.3 Å². The number of anilines is 1. The van der Waals surface area contributed by atoms with E-state index >= 15 is 0 Å². The van der Waals surface area contributed by atoms with Gasteiger partial charge in [0.25, 0.3) is 5.91 Å². The van der Waals surface area contributed by atoms with Gasteiger partial charge in [-0.3, -0.25) is 9.59 Å². The van der Waals surface area contributed by atoms with Crippen LogP contribution in [0.5, 0.6) is 0 Å². The maximum absolute atomic E-state index is 14.7. The van der Waals surface area contributed by atoms with E-state index in [0.717, 1.165) is 11.0 Å². The van der Waals surface area contributed by atoms with Gasteiger partial charge in [0.15, 0.2) is 0 Å². The highest BCUT2D eigenvalue weighted by Crippen LogP contribution is 2.40. The Balaban J connectivity index is 1.52. The molecule has 0 spiro atoms. The molecule has 1 aliphatic heterocycles. The van der Waals surface area contributed by atoms with E-state index in [-0.39, 0.29) is 49.3 Å². The van der Waals surface area contributed by atoms with Crippen molar-refractivity contribution in [3.63, 3.8) is 0 Å². The number of halogens is 2. The number of carbonyl (C=O) groups is 2. The largest absolute Gasteiger partial charge is 0.327 e. The predicted molar refractivity (Wildman–Crippen MR) is 116 cm³/mol.